The van der Waals surface area contributed by atoms with Crippen LogP contribution < -0.4 is 0 Å². The number of morpholine rings is 1. The van der Waals surface area contributed by atoms with Crippen molar-refractivity contribution in [3.63, 3.8) is 0 Å². The number of carbonyl (C=O) groups excluding carboxylic acids is 1. The zero-order valence-corrected chi connectivity index (χ0v) is 16.1. The SMILES string of the molecule is CSC[C@H](C)C(=O)N1CCC(CCN2C[C@@H](C)O[C@H](C)C2)CC1. The summed E-state index contributed by atoms with van der Waals surface area (Å²) in [5.74, 6) is 2.24. The zero-order chi connectivity index (χ0) is 16.8. The maximum absolute atomic E-state index is 12.4. The Hall–Kier alpha value is -0.260. The van der Waals surface area contributed by atoms with Crippen LogP contribution in [-0.4, -0.2) is 72.6 Å². The highest BCUT2D eigenvalue weighted by molar-refractivity contribution is 7.98. The van der Waals surface area contributed by atoms with Crippen LogP contribution in [0.2, 0.25) is 0 Å². The van der Waals surface area contributed by atoms with E-state index in [-0.39, 0.29) is 5.92 Å². The second-order valence-electron chi connectivity index (χ2n) is 7.43. The minimum absolute atomic E-state index is 0.165. The van der Waals surface area contributed by atoms with Crippen LogP contribution in [0.15, 0.2) is 0 Å². The molecule has 23 heavy (non-hydrogen) atoms. The minimum atomic E-state index is 0.165. The van der Waals surface area contributed by atoms with E-state index in [1.54, 1.807) is 11.8 Å². The molecular weight excluding hydrogens is 308 g/mol. The number of rotatable bonds is 6. The van der Waals surface area contributed by atoms with Crippen molar-refractivity contribution in [1.29, 1.82) is 0 Å². The molecule has 0 N–H and O–H groups in total. The van der Waals surface area contributed by atoms with E-state index in [0.717, 1.165) is 37.8 Å². The minimum Gasteiger partial charge on any atom is -0.373 e. The Bertz CT molecular complexity index is 362. The molecule has 0 saturated carbocycles. The van der Waals surface area contributed by atoms with Crippen molar-refractivity contribution < 1.29 is 9.53 Å². The van der Waals surface area contributed by atoms with E-state index in [0.29, 0.717) is 18.1 Å². The summed E-state index contributed by atoms with van der Waals surface area (Å²) in [5, 5.41) is 0. The molecule has 2 saturated heterocycles. The van der Waals surface area contributed by atoms with Crippen molar-refractivity contribution in [3.8, 4) is 0 Å². The van der Waals surface area contributed by atoms with E-state index in [1.807, 2.05) is 0 Å². The lowest BCUT2D eigenvalue weighted by molar-refractivity contribution is -0.135. The fourth-order valence-electron chi connectivity index (χ4n) is 3.91. The number of thioether (sulfide) groups is 1. The summed E-state index contributed by atoms with van der Waals surface area (Å²) >= 11 is 1.76. The summed E-state index contributed by atoms with van der Waals surface area (Å²) in [6.45, 7) is 11.6. The summed E-state index contributed by atoms with van der Waals surface area (Å²) < 4.78 is 5.80. The molecule has 0 bridgehead atoms. The normalized spacial score (nSPS) is 28.8. The van der Waals surface area contributed by atoms with Gasteiger partial charge in [-0.2, -0.15) is 11.8 Å². The quantitative estimate of drug-likeness (QED) is 0.743. The van der Waals surface area contributed by atoms with E-state index >= 15 is 0 Å². The Morgan fingerprint density at radius 2 is 1.83 bits per heavy atom. The van der Waals surface area contributed by atoms with Gasteiger partial charge in [-0.05, 0) is 51.8 Å². The molecule has 3 atom stereocenters. The number of nitrogens with zero attached hydrogens (tertiary/aromatic N) is 2. The number of likely N-dealkylation sites (tertiary alicyclic amines) is 1. The van der Waals surface area contributed by atoms with Crippen molar-refractivity contribution in [3.05, 3.63) is 0 Å². The van der Waals surface area contributed by atoms with Crippen LogP contribution in [0.3, 0.4) is 0 Å². The highest BCUT2D eigenvalue weighted by atomic mass is 32.2. The van der Waals surface area contributed by atoms with Crippen LogP contribution in [0.1, 0.15) is 40.0 Å². The van der Waals surface area contributed by atoms with E-state index in [9.17, 15) is 4.79 Å². The second kappa shape index (κ2) is 9.28. The number of amides is 1. The molecule has 2 rings (SSSR count). The third-order valence-corrected chi connectivity index (χ3v) is 5.95. The van der Waals surface area contributed by atoms with Gasteiger partial charge in [0.2, 0.25) is 5.91 Å². The highest BCUT2D eigenvalue weighted by Gasteiger charge is 2.27. The predicted octanol–water partition coefficient (Wildman–Crippen LogP) is 2.72. The molecule has 0 radical (unpaired) electrons. The van der Waals surface area contributed by atoms with E-state index in [2.05, 4.69) is 36.8 Å². The van der Waals surface area contributed by atoms with Crippen molar-refractivity contribution >= 4 is 17.7 Å². The van der Waals surface area contributed by atoms with Gasteiger partial charge in [0.05, 0.1) is 12.2 Å². The summed E-state index contributed by atoms with van der Waals surface area (Å²) in [6, 6.07) is 0. The number of carbonyl (C=O) groups is 1. The average Bonchev–Trinajstić information content (AvgIpc) is 2.52. The Morgan fingerprint density at radius 1 is 1.22 bits per heavy atom. The van der Waals surface area contributed by atoms with Gasteiger partial charge in [0.15, 0.2) is 0 Å². The van der Waals surface area contributed by atoms with Crippen LogP contribution in [0.25, 0.3) is 0 Å². The number of ether oxygens (including phenoxy) is 1. The molecule has 0 aromatic carbocycles. The molecule has 0 aromatic heterocycles. The molecule has 2 heterocycles. The first kappa shape index (κ1) is 19.1. The van der Waals surface area contributed by atoms with Gasteiger partial charge in [-0.15, -0.1) is 0 Å². The van der Waals surface area contributed by atoms with Crippen LogP contribution in [0.5, 0.6) is 0 Å². The molecular formula is C18H34N2O2S. The van der Waals surface area contributed by atoms with Gasteiger partial charge < -0.3 is 9.64 Å². The van der Waals surface area contributed by atoms with Crippen LogP contribution in [0, 0.1) is 11.8 Å². The molecule has 2 aliphatic heterocycles. The van der Waals surface area contributed by atoms with Crippen molar-refractivity contribution in [2.24, 2.45) is 11.8 Å². The van der Waals surface area contributed by atoms with Gasteiger partial charge in [0.25, 0.3) is 0 Å². The summed E-state index contributed by atoms with van der Waals surface area (Å²) in [6.07, 6.45) is 6.40. The standard InChI is InChI=1S/C18H34N2O2S/c1-14(13-23-4)18(21)20-9-6-17(7-10-20)5-8-19-11-15(2)22-16(3)12-19/h14-17H,5-13H2,1-4H3/t14-,15+,16+/m0/s1. The van der Waals surface area contributed by atoms with Gasteiger partial charge in [-0.3, -0.25) is 9.69 Å². The van der Waals surface area contributed by atoms with Crippen molar-refractivity contribution in [2.45, 2.75) is 52.2 Å². The molecule has 0 unspecified atom stereocenters. The predicted molar refractivity (Wildman–Crippen MR) is 97.9 cm³/mol. The zero-order valence-electron chi connectivity index (χ0n) is 15.3. The molecule has 5 heteroatoms. The monoisotopic (exact) mass is 342 g/mol. The van der Waals surface area contributed by atoms with Crippen LogP contribution in [0.4, 0.5) is 0 Å². The first-order chi connectivity index (χ1) is 11.0. The van der Waals surface area contributed by atoms with Gasteiger partial charge in [-0.1, -0.05) is 6.92 Å². The molecule has 4 nitrogen and oxygen atoms in total. The molecule has 134 valence electrons. The third kappa shape index (κ3) is 5.95. The van der Waals surface area contributed by atoms with E-state index < -0.39 is 0 Å². The fraction of sp³-hybridized carbons (Fsp3) is 0.944. The molecule has 2 aliphatic rings. The van der Waals surface area contributed by atoms with Crippen LogP contribution in [-0.2, 0) is 9.53 Å². The third-order valence-electron chi connectivity index (χ3n) is 5.11. The summed E-state index contributed by atoms with van der Waals surface area (Å²) in [7, 11) is 0. The lowest BCUT2D eigenvalue weighted by Gasteiger charge is -2.37. The fourth-order valence-corrected chi connectivity index (χ4v) is 4.55. The smallest absolute Gasteiger partial charge is 0.226 e. The van der Waals surface area contributed by atoms with E-state index in [1.165, 1.54) is 25.8 Å². The lowest BCUT2D eigenvalue weighted by atomic mass is 9.92. The molecule has 1 amide bonds. The largest absolute Gasteiger partial charge is 0.373 e. The van der Waals surface area contributed by atoms with Crippen molar-refractivity contribution in [1.82, 2.24) is 9.80 Å². The Morgan fingerprint density at radius 3 is 2.39 bits per heavy atom. The Kier molecular flexibility index (Phi) is 7.70. The van der Waals surface area contributed by atoms with Crippen molar-refractivity contribution in [2.75, 3.05) is 44.7 Å². The molecule has 0 aliphatic carbocycles. The number of hydrogen-bond donors (Lipinski definition) is 0. The van der Waals surface area contributed by atoms with Gasteiger partial charge in [0.1, 0.15) is 0 Å². The summed E-state index contributed by atoms with van der Waals surface area (Å²) in [5.41, 5.74) is 0. The first-order valence-electron chi connectivity index (χ1n) is 9.15. The maximum atomic E-state index is 12.4. The first-order valence-corrected chi connectivity index (χ1v) is 10.5. The topological polar surface area (TPSA) is 32.8 Å². The molecule has 0 aromatic rings. The molecule has 2 fully saturated rings. The Labute approximate surface area is 146 Å². The van der Waals surface area contributed by atoms with Gasteiger partial charge in [0, 0.05) is 37.8 Å². The van der Waals surface area contributed by atoms with E-state index in [4.69, 9.17) is 4.74 Å². The molecule has 0 spiro atoms. The average molecular weight is 343 g/mol. The maximum Gasteiger partial charge on any atom is 0.226 e. The second-order valence-corrected chi connectivity index (χ2v) is 8.34. The number of piperidine rings is 1. The van der Waals surface area contributed by atoms with Crippen LogP contribution >= 0.6 is 11.8 Å². The summed E-state index contributed by atoms with van der Waals surface area (Å²) in [4.78, 5) is 17.0. The Balaban J connectivity index is 1.67. The number of hydrogen-bond acceptors (Lipinski definition) is 4. The highest BCUT2D eigenvalue weighted by Crippen LogP contribution is 2.23. The lowest BCUT2D eigenvalue weighted by Crippen LogP contribution is -2.46. The van der Waals surface area contributed by atoms with Gasteiger partial charge in [-0.25, -0.2) is 0 Å². The van der Waals surface area contributed by atoms with Gasteiger partial charge >= 0.3 is 0 Å².